The third-order valence-corrected chi connectivity index (χ3v) is 4.78. The summed E-state index contributed by atoms with van der Waals surface area (Å²) in [6, 6.07) is 10.2. The van der Waals surface area contributed by atoms with Gasteiger partial charge in [-0.15, -0.1) is 0 Å². The molecule has 0 amide bonds. The van der Waals surface area contributed by atoms with Crippen molar-refractivity contribution in [3.05, 3.63) is 29.8 Å². The monoisotopic (exact) mass is 276 g/mol. The van der Waals surface area contributed by atoms with E-state index in [1.165, 1.54) is 24.8 Å². The van der Waals surface area contributed by atoms with Gasteiger partial charge in [0.2, 0.25) is 0 Å². The van der Waals surface area contributed by atoms with Gasteiger partial charge in [-0.25, -0.2) is 0 Å². The largest absolute Gasteiger partial charge is 0.496 e. The van der Waals surface area contributed by atoms with Crippen molar-refractivity contribution >= 4 is 0 Å². The van der Waals surface area contributed by atoms with Crippen LogP contribution in [-0.2, 0) is 6.42 Å². The summed E-state index contributed by atoms with van der Waals surface area (Å²) in [4.78, 5) is 2.54. The molecule has 1 N–H and O–H groups in total. The van der Waals surface area contributed by atoms with Crippen molar-refractivity contribution in [1.29, 1.82) is 0 Å². The summed E-state index contributed by atoms with van der Waals surface area (Å²) < 4.78 is 5.46. The van der Waals surface area contributed by atoms with E-state index in [4.69, 9.17) is 4.74 Å². The van der Waals surface area contributed by atoms with Gasteiger partial charge in [-0.05, 0) is 51.9 Å². The maximum absolute atomic E-state index is 5.46. The minimum absolute atomic E-state index is 0.519. The van der Waals surface area contributed by atoms with E-state index >= 15 is 0 Å². The molecule has 0 aromatic heterocycles. The zero-order valence-corrected chi connectivity index (χ0v) is 13.2. The molecule has 3 atom stereocenters. The van der Waals surface area contributed by atoms with Crippen LogP contribution < -0.4 is 10.1 Å². The highest BCUT2D eigenvalue weighted by Gasteiger charge is 2.31. The highest BCUT2D eigenvalue weighted by atomic mass is 16.5. The molecule has 1 saturated carbocycles. The zero-order valence-electron chi connectivity index (χ0n) is 13.2. The van der Waals surface area contributed by atoms with E-state index in [0.29, 0.717) is 18.1 Å². The third-order valence-electron chi connectivity index (χ3n) is 4.78. The number of nitrogens with zero attached hydrogens (tertiary/aromatic N) is 1. The Labute approximate surface area is 123 Å². The summed E-state index contributed by atoms with van der Waals surface area (Å²) in [7, 11) is 6.10. The molecule has 20 heavy (non-hydrogen) atoms. The van der Waals surface area contributed by atoms with Crippen LogP contribution in [0.4, 0.5) is 0 Å². The number of benzene rings is 1. The van der Waals surface area contributed by atoms with Crippen molar-refractivity contribution in [2.45, 2.75) is 50.7 Å². The van der Waals surface area contributed by atoms with Gasteiger partial charge in [0.05, 0.1) is 7.11 Å². The van der Waals surface area contributed by atoms with Gasteiger partial charge < -0.3 is 10.1 Å². The fourth-order valence-electron chi connectivity index (χ4n) is 3.43. The Balaban J connectivity index is 2.02. The second-order valence-electron chi connectivity index (χ2n) is 5.92. The van der Waals surface area contributed by atoms with Crippen LogP contribution in [0.25, 0.3) is 0 Å². The van der Waals surface area contributed by atoms with Gasteiger partial charge in [-0.1, -0.05) is 24.6 Å². The maximum Gasteiger partial charge on any atom is 0.122 e. The van der Waals surface area contributed by atoms with E-state index in [2.05, 4.69) is 43.4 Å². The molecule has 1 fully saturated rings. The second kappa shape index (κ2) is 7.09. The number of methoxy groups -OCH3 is 1. The molecule has 3 nitrogen and oxygen atoms in total. The standard InChI is InChI=1S/C17H28N2O/c1-13(12-14-8-5-6-11-17(14)20-4)19(3)16-10-7-9-15(16)18-2/h5-6,8,11,13,15-16,18H,7,9-10,12H2,1-4H3. The summed E-state index contributed by atoms with van der Waals surface area (Å²) in [5.74, 6) is 1.00. The fraction of sp³-hybridized carbons (Fsp3) is 0.647. The minimum Gasteiger partial charge on any atom is -0.496 e. The lowest BCUT2D eigenvalue weighted by molar-refractivity contribution is 0.163. The van der Waals surface area contributed by atoms with E-state index < -0.39 is 0 Å². The highest BCUT2D eigenvalue weighted by Crippen LogP contribution is 2.27. The van der Waals surface area contributed by atoms with Crippen LogP contribution in [0.5, 0.6) is 5.75 Å². The number of likely N-dealkylation sites (N-methyl/N-ethyl adjacent to an activating group) is 2. The Hall–Kier alpha value is -1.06. The molecule has 1 aromatic rings. The first-order valence-electron chi connectivity index (χ1n) is 7.68. The van der Waals surface area contributed by atoms with Crippen LogP contribution in [-0.4, -0.2) is 44.2 Å². The molecule has 3 heteroatoms. The fourth-order valence-corrected chi connectivity index (χ4v) is 3.43. The molecule has 2 rings (SSSR count). The lowest BCUT2D eigenvalue weighted by Gasteiger charge is -2.34. The smallest absolute Gasteiger partial charge is 0.122 e. The Bertz CT molecular complexity index is 421. The lowest BCUT2D eigenvalue weighted by atomic mass is 10.0. The van der Waals surface area contributed by atoms with Crippen LogP contribution >= 0.6 is 0 Å². The van der Waals surface area contributed by atoms with Crippen LogP contribution in [0.1, 0.15) is 31.7 Å². The quantitative estimate of drug-likeness (QED) is 0.864. The zero-order chi connectivity index (χ0) is 14.5. The van der Waals surface area contributed by atoms with Crippen LogP contribution in [0.15, 0.2) is 24.3 Å². The molecule has 0 bridgehead atoms. The molecular formula is C17H28N2O. The van der Waals surface area contributed by atoms with Crippen LogP contribution in [0.3, 0.4) is 0 Å². The van der Waals surface area contributed by atoms with Gasteiger partial charge in [0, 0.05) is 18.1 Å². The maximum atomic E-state index is 5.46. The van der Waals surface area contributed by atoms with Crippen molar-refractivity contribution in [3.63, 3.8) is 0 Å². The number of nitrogens with one attached hydrogen (secondary N) is 1. The van der Waals surface area contributed by atoms with Gasteiger partial charge in [-0.3, -0.25) is 4.90 Å². The first-order chi connectivity index (χ1) is 9.67. The van der Waals surface area contributed by atoms with Crippen molar-refractivity contribution in [3.8, 4) is 5.75 Å². The summed E-state index contributed by atoms with van der Waals surface area (Å²) in [5.41, 5.74) is 1.30. The lowest BCUT2D eigenvalue weighted by Crippen LogP contribution is -2.48. The Morgan fingerprint density at radius 1 is 1.35 bits per heavy atom. The van der Waals surface area contributed by atoms with Crippen LogP contribution in [0.2, 0.25) is 0 Å². The second-order valence-corrected chi connectivity index (χ2v) is 5.92. The summed E-state index contributed by atoms with van der Waals surface area (Å²) in [5, 5.41) is 3.47. The average Bonchev–Trinajstić information content (AvgIpc) is 2.95. The number of para-hydroxylation sites is 1. The molecule has 0 aliphatic heterocycles. The van der Waals surface area contributed by atoms with Crippen molar-refractivity contribution in [1.82, 2.24) is 10.2 Å². The molecule has 0 spiro atoms. The Kier molecular flexibility index (Phi) is 5.44. The van der Waals surface area contributed by atoms with E-state index in [-0.39, 0.29) is 0 Å². The molecule has 0 saturated heterocycles. The van der Waals surface area contributed by atoms with Crippen molar-refractivity contribution < 1.29 is 4.74 Å². The highest BCUT2D eigenvalue weighted by molar-refractivity contribution is 5.33. The molecule has 0 heterocycles. The number of rotatable bonds is 6. The topological polar surface area (TPSA) is 24.5 Å². The van der Waals surface area contributed by atoms with Gasteiger partial charge in [0.25, 0.3) is 0 Å². The molecule has 1 aliphatic carbocycles. The van der Waals surface area contributed by atoms with Gasteiger partial charge >= 0.3 is 0 Å². The SMILES string of the molecule is CNC1CCCC1N(C)C(C)Cc1ccccc1OC. The van der Waals surface area contributed by atoms with Crippen molar-refractivity contribution in [2.24, 2.45) is 0 Å². The van der Waals surface area contributed by atoms with Crippen LogP contribution in [0, 0.1) is 0 Å². The van der Waals surface area contributed by atoms with Gasteiger partial charge in [0.1, 0.15) is 5.75 Å². The predicted octanol–water partition coefficient (Wildman–Crippen LogP) is 2.70. The Morgan fingerprint density at radius 3 is 2.80 bits per heavy atom. The van der Waals surface area contributed by atoms with E-state index in [1.807, 2.05) is 12.1 Å². The molecular weight excluding hydrogens is 248 g/mol. The summed E-state index contributed by atoms with van der Waals surface area (Å²) >= 11 is 0. The first-order valence-corrected chi connectivity index (χ1v) is 7.68. The summed E-state index contributed by atoms with van der Waals surface area (Å²) in [6.45, 7) is 2.32. The van der Waals surface area contributed by atoms with Gasteiger partial charge in [0.15, 0.2) is 0 Å². The number of ether oxygens (including phenoxy) is 1. The van der Waals surface area contributed by atoms with Gasteiger partial charge in [-0.2, -0.15) is 0 Å². The molecule has 0 radical (unpaired) electrons. The molecule has 112 valence electrons. The predicted molar refractivity (Wildman–Crippen MR) is 84.4 cm³/mol. The minimum atomic E-state index is 0.519. The first kappa shape index (κ1) is 15.3. The van der Waals surface area contributed by atoms with E-state index in [0.717, 1.165) is 12.2 Å². The Morgan fingerprint density at radius 2 is 2.10 bits per heavy atom. The molecule has 1 aliphatic rings. The normalized spacial score (nSPS) is 24.1. The average molecular weight is 276 g/mol. The van der Waals surface area contributed by atoms with E-state index in [1.54, 1.807) is 7.11 Å². The number of hydrogen-bond donors (Lipinski definition) is 1. The number of hydrogen-bond acceptors (Lipinski definition) is 3. The van der Waals surface area contributed by atoms with Crippen molar-refractivity contribution in [2.75, 3.05) is 21.2 Å². The molecule has 3 unspecified atom stereocenters. The van der Waals surface area contributed by atoms with E-state index in [9.17, 15) is 0 Å². The third kappa shape index (κ3) is 3.33. The molecule has 1 aromatic carbocycles. The summed E-state index contributed by atoms with van der Waals surface area (Å²) in [6.07, 6.45) is 4.97.